The molecule has 0 radical (unpaired) electrons. The van der Waals surface area contributed by atoms with Crippen molar-refractivity contribution >= 4 is 19.2 Å². The molecule has 0 heterocycles. The maximum atomic E-state index is 11.8. The van der Waals surface area contributed by atoms with Crippen LogP contribution in [0.25, 0.3) is 0 Å². The third kappa shape index (κ3) is 6.28. The lowest BCUT2D eigenvalue weighted by Gasteiger charge is -2.15. The molecule has 0 aromatic rings. The minimum atomic E-state index is -2.86. The topological polar surface area (TPSA) is 35.5 Å². The molecule has 0 atom stereocenters. The summed E-state index contributed by atoms with van der Waals surface area (Å²) >= 11 is 5.33. The zero-order chi connectivity index (χ0) is 10.2. The second-order valence-electron chi connectivity index (χ2n) is 2.32. The number of rotatable bonds is 7. The van der Waals surface area contributed by atoms with Gasteiger partial charge in [-0.1, -0.05) is 17.7 Å². The zero-order valence-corrected chi connectivity index (χ0v) is 9.68. The van der Waals surface area contributed by atoms with Gasteiger partial charge in [0.2, 0.25) is 0 Å². The van der Waals surface area contributed by atoms with E-state index in [0.717, 1.165) is 0 Å². The van der Waals surface area contributed by atoms with Crippen molar-refractivity contribution in [1.82, 2.24) is 0 Å². The van der Waals surface area contributed by atoms with Crippen LogP contribution in [0.15, 0.2) is 11.6 Å². The van der Waals surface area contributed by atoms with Gasteiger partial charge in [-0.15, -0.1) is 0 Å². The van der Waals surface area contributed by atoms with E-state index in [2.05, 4.69) is 0 Å². The van der Waals surface area contributed by atoms with Gasteiger partial charge in [-0.25, -0.2) is 0 Å². The van der Waals surface area contributed by atoms with Crippen molar-refractivity contribution in [2.75, 3.05) is 19.4 Å². The van der Waals surface area contributed by atoms with Crippen molar-refractivity contribution in [3.05, 3.63) is 11.6 Å². The van der Waals surface area contributed by atoms with E-state index in [4.69, 9.17) is 20.6 Å². The molecule has 0 fully saturated rings. The number of hydrogen-bond donors (Lipinski definition) is 0. The standard InChI is InChI=1S/C8H16ClO3P/c1-3-11-13(10,12-4-2)8-6-5-7-9/h5,7H,3-4,6,8H2,1-2H3/b7-5+. The van der Waals surface area contributed by atoms with E-state index in [1.54, 1.807) is 19.9 Å². The van der Waals surface area contributed by atoms with Crippen molar-refractivity contribution in [3.8, 4) is 0 Å². The summed E-state index contributed by atoms with van der Waals surface area (Å²) in [6.45, 7) is 4.40. The molecule has 0 aromatic heterocycles. The normalized spacial score (nSPS) is 12.5. The van der Waals surface area contributed by atoms with Gasteiger partial charge in [0, 0.05) is 5.54 Å². The monoisotopic (exact) mass is 226 g/mol. The smallest absolute Gasteiger partial charge is 0.309 e. The van der Waals surface area contributed by atoms with Crippen LogP contribution in [0.5, 0.6) is 0 Å². The van der Waals surface area contributed by atoms with Gasteiger partial charge in [0.1, 0.15) is 0 Å². The van der Waals surface area contributed by atoms with E-state index in [1.807, 2.05) is 0 Å². The van der Waals surface area contributed by atoms with Crippen LogP contribution in [-0.4, -0.2) is 19.4 Å². The summed E-state index contributed by atoms with van der Waals surface area (Å²) in [5.74, 6) is 0. The molecule has 0 amide bonds. The first-order valence-electron chi connectivity index (χ1n) is 4.32. The van der Waals surface area contributed by atoms with Crippen LogP contribution in [0.4, 0.5) is 0 Å². The molecular weight excluding hydrogens is 211 g/mol. The highest BCUT2D eigenvalue weighted by Crippen LogP contribution is 2.48. The largest absolute Gasteiger partial charge is 0.330 e. The van der Waals surface area contributed by atoms with Crippen LogP contribution >= 0.6 is 19.2 Å². The molecule has 13 heavy (non-hydrogen) atoms. The molecule has 0 rings (SSSR count). The summed E-state index contributed by atoms with van der Waals surface area (Å²) in [6.07, 6.45) is 2.73. The van der Waals surface area contributed by atoms with Gasteiger partial charge in [0.05, 0.1) is 19.4 Å². The maximum absolute atomic E-state index is 11.8. The number of halogens is 1. The first-order valence-corrected chi connectivity index (χ1v) is 6.48. The predicted molar refractivity (Wildman–Crippen MR) is 55.3 cm³/mol. The summed E-state index contributed by atoms with van der Waals surface area (Å²) in [5, 5.41) is 0. The average molecular weight is 227 g/mol. The van der Waals surface area contributed by atoms with Gasteiger partial charge in [0.15, 0.2) is 0 Å². The molecule has 0 bridgehead atoms. The van der Waals surface area contributed by atoms with Crippen LogP contribution in [-0.2, 0) is 13.6 Å². The van der Waals surface area contributed by atoms with Gasteiger partial charge in [0.25, 0.3) is 0 Å². The van der Waals surface area contributed by atoms with Gasteiger partial charge >= 0.3 is 7.60 Å². The van der Waals surface area contributed by atoms with Crippen LogP contribution in [0, 0.1) is 0 Å². The second kappa shape index (κ2) is 7.57. The van der Waals surface area contributed by atoms with E-state index in [9.17, 15) is 4.57 Å². The lowest BCUT2D eigenvalue weighted by molar-refractivity contribution is 0.220. The van der Waals surface area contributed by atoms with Crippen LogP contribution in [0.3, 0.4) is 0 Å². The molecule has 3 nitrogen and oxygen atoms in total. The molecule has 0 saturated carbocycles. The zero-order valence-electron chi connectivity index (χ0n) is 8.03. The molecule has 78 valence electrons. The fourth-order valence-electron chi connectivity index (χ4n) is 0.855. The van der Waals surface area contributed by atoms with E-state index in [1.165, 1.54) is 5.54 Å². The van der Waals surface area contributed by atoms with Crippen molar-refractivity contribution in [2.24, 2.45) is 0 Å². The SMILES string of the molecule is CCOP(=O)(CC/C=C/Cl)OCC. The van der Waals surface area contributed by atoms with Crippen molar-refractivity contribution < 1.29 is 13.6 Å². The van der Waals surface area contributed by atoms with E-state index >= 15 is 0 Å². The molecule has 0 aliphatic heterocycles. The van der Waals surface area contributed by atoms with E-state index < -0.39 is 7.60 Å². The molecule has 0 aliphatic rings. The van der Waals surface area contributed by atoms with Gasteiger partial charge in [-0.05, 0) is 20.3 Å². The number of hydrogen-bond acceptors (Lipinski definition) is 3. The molecule has 0 N–H and O–H groups in total. The molecule has 5 heteroatoms. The molecule has 0 saturated heterocycles. The highest BCUT2D eigenvalue weighted by atomic mass is 35.5. The lowest BCUT2D eigenvalue weighted by Crippen LogP contribution is -1.99. The minimum Gasteiger partial charge on any atom is -0.309 e. The fraction of sp³-hybridized carbons (Fsp3) is 0.750. The summed E-state index contributed by atoms with van der Waals surface area (Å²) in [5.41, 5.74) is 1.40. The Morgan fingerprint density at radius 2 is 1.85 bits per heavy atom. The maximum Gasteiger partial charge on any atom is 0.330 e. The molecule has 0 aromatic carbocycles. The fourth-order valence-corrected chi connectivity index (χ4v) is 2.57. The molecule has 0 spiro atoms. The van der Waals surface area contributed by atoms with Gasteiger partial charge in [-0.2, -0.15) is 0 Å². The predicted octanol–water partition coefficient (Wildman–Crippen LogP) is 3.40. The van der Waals surface area contributed by atoms with E-state index in [-0.39, 0.29) is 0 Å². The first-order chi connectivity index (χ1) is 6.18. The first kappa shape index (κ1) is 13.2. The Kier molecular flexibility index (Phi) is 7.68. The van der Waals surface area contributed by atoms with Crippen molar-refractivity contribution in [1.29, 1.82) is 0 Å². The molecule has 0 aliphatic carbocycles. The Bertz CT molecular complexity index is 184. The third-order valence-electron chi connectivity index (χ3n) is 1.31. The Balaban J connectivity index is 3.99. The Morgan fingerprint density at radius 1 is 1.31 bits per heavy atom. The highest BCUT2D eigenvalue weighted by Gasteiger charge is 2.21. The van der Waals surface area contributed by atoms with Crippen LogP contribution in [0.1, 0.15) is 20.3 Å². The lowest BCUT2D eigenvalue weighted by atomic mass is 10.5. The third-order valence-corrected chi connectivity index (χ3v) is 3.60. The average Bonchev–Trinajstić information content (AvgIpc) is 2.05. The van der Waals surface area contributed by atoms with Gasteiger partial charge < -0.3 is 9.05 Å². The van der Waals surface area contributed by atoms with Gasteiger partial charge in [-0.3, -0.25) is 4.57 Å². The van der Waals surface area contributed by atoms with Crippen LogP contribution in [0.2, 0.25) is 0 Å². The highest BCUT2D eigenvalue weighted by molar-refractivity contribution is 7.53. The molecular formula is C8H16ClO3P. The summed E-state index contributed by atoms with van der Waals surface area (Å²) in [7, 11) is -2.86. The number of allylic oxidation sites excluding steroid dienone is 1. The Labute approximate surface area is 84.6 Å². The quantitative estimate of drug-likeness (QED) is 0.624. The Morgan fingerprint density at radius 3 is 2.23 bits per heavy atom. The minimum absolute atomic E-state index is 0.387. The summed E-state index contributed by atoms with van der Waals surface area (Å²) in [4.78, 5) is 0. The van der Waals surface area contributed by atoms with Crippen molar-refractivity contribution in [3.63, 3.8) is 0 Å². The van der Waals surface area contributed by atoms with Crippen molar-refractivity contribution in [2.45, 2.75) is 20.3 Å². The van der Waals surface area contributed by atoms with Crippen LogP contribution < -0.4 is 0 Å². The Hall–Kier alpha value is 0.180. The van der Waals surface area contributed by atoms with E-state index in [0.29, 0.717) is 25.8 Å². The second-order valence-corrected chi connectivity index (χ2v) is 4.76. The summed E-state index contributed by atoms with van der Waals surface area (Å²) in [6, 6.07) is 0. The summed E-state index contributed by atoms with van der Waals surface area (Å²) < 4.78 is 21.9. The molecule has 0 unspecified atom stereocenters.